The highest BCUT2D eigenvalue weighted by molar-refractivity contribution is 5.97. The lowest BCUT2D eigenvalue weighted by atomic mass is 10.1. The van der Waals surface area contributed by atoms with Gasteiger partial charge in [-0.25, -0.2) is 4.98 Å². The van der Waals surface area contributed by atoms with Crippen LogP contribution in [0.2, 0.25) is 0 Å². The standard InChI is InChI=1S/C19H13F3N2O4/c20-19(21,22)18(26)24-16-10-23-17(28-16)13-6-8-14(9-7-13)27-11-15(25)12-4-2-1-3-5-12/h1-10H,11H2,(H,24,26). The molecule has 0 spiro atoms. The van der Waals surface area contributed by atoms with Crippen LogP contribution in [0, 0.1) is 0 Å². The molecule has 0 bridgehead atoms. The van der Waals surface area contributed by atoms with Crippen molar-refractivity contribution in [1.82, 2.24) is 4.98 Å². The molecule has 3 rings (SSSR count). The zero-order valence-corrected chi connectivity index (χ0v) is 14.2. The summed E-state index contributed by atoms with van der Waals surface area (Å²) in [6.45, 7) is -0.143. The summed E-state index contributed by atoms with van der Waals surface area (Å²) in [6, 6.07) is 14.9. The summed E-state index contributed by atoms with van der Waals surface area (Å²) in [6.07, 6.45) is -4.05. The molecule has 28 heavy (non-hydrogen) atoms. The highest BCUT2D eigenvalue weighted by Gasteiger charge is 2.39. The van der Waals surface area contributed by atoms with Gasteiger partial charge in [0.1, 0.15) is 5.75 Å². The first-order chi connectivity index (χ1) is 13.3. The molecule has 9 heteroatoms. The second-order valence-corrected chi connectivity index (χ2v) is 5.58. The molecule has 144 valence electrons. The average Bonchev–Trinajstić information content (AvgIpc) is 3.15. The predicted octanol–water partition coefficient (Wildman–Crippen LogP) is 4.10. The average molecular weight is 390 g/mol. The summed E-state index contributed by atoms with van der Waals surface area (Å²) < 4.78 is 47.2. The second-order valence-electron chi connectivity index (χ2n) is 5.58. The maximum Gasteiger partial charge on any atom is 0.471 e. The van der Waals surface area contributed by atoms with Crippen LogP contribution in [0.4, 0.5) is 19.1 Å². The van der Waals surface area contributed by atoms with Gasteiger partial charge in [0.25, 0.3) is 0 Å². The Balaban J connectivity index is 1.60. The van der Waals surface area contributed by atoms with Crippen molar-refractivity contribution in [2.24, 2.45) is 0 Å². The fraction of sp³-hybridized carbons (Fsp3) is 0.105. The Morgan fingerprint density at radius 1 is 1.04 bits per heavy atom. The topological polar surface area (TPSA) is 81.4 Å². The minimum atomic E-state index is -5.02. The van der Waals surface area contributed by atoms with Crippen molar-refractivity contribution in [3.05, 3.63) is 66.4 Å². The maximum absolute atomic E-state index is 12.2. The number of benzene rings is 2. The molecule has 1 amide bonds. The molecule has 0 aliphatic rings. The van der Waals surface area contributed by atoms with Crippen LogP contribution < -0.4 is 10.1 Å². The number of nitrogens with one attached hydrogen (secondary N) is 1. The molecule has 2 aromatic carbocycles. The van der Waals surface area contributed by atoms with E-state index in [1.54, 1.807) is 59.9 Å². The van der Waals surface area contributed by atoms with E-state index in [1.807, 2.05) is 0 Å². The molecule has 0 saturated heterocycles. The highest BCUT2D eigenvalue weighted by Crippen LogP contribution is 2.25. The fourth-order valence-electron chi connectivity index (χ4n) is 2.20. The number of anilines is 1. The maximum atomic E-state index is 12.2. The van der Waals surface area contributed by atoms with Crippen molar-refractivity contribution in [3.63, 3.8) is 0 Å². The largest absolute Gasteiger partial charge is 0.485 e. The van der Waals surface area contributed by atoms with Crippen LogP contribution in [0.15, 0.2) is 65.2 Å². The van der Waals surface area contributed by atoms with Gasteiger partial charge in [0.15, 0.2) is 12.4 Å². The normalized spacial score (nSPS) is 11.1. The Bertz CT molecular complexity index is 967. The molecule has 0 aliphatic carbocycles. The minimum absolute atomic E-state index is 0.0180. The van der Waals surface area contributed by atoms with Crippen LogP contribution in [-0.2, 0) is 4.79 Å². The van der Waals surface area contributed by atoms with Gasteiger partial charge in [-0.3, -0.25) is 14.9 Å². The van der Waals surface area contributed by atoms with Crippen LogP contribution in [0.25, 0.3) is 11.5 Å². The molecule has 0 unspecified atom stereocenters. The van der Waals surface area contributed by atoms with Gasteiger partial charge in [-0.15, -0.1) is 0 Å². The number of ketones is 1. The zero-order valence-electron chi connectivity index (χ0n) is 14.2. The number of carbonyl (C=O) groups is 2. The monoisotopic (exact) mass is 390 g/mol. The van der Waals surface area contributed by atoms with E-state index in [0.717, 1.165) is 6.20 Å². The summed E-state index contributed by atoms with van der Waals surface area (Å²) in [7, 11) is 0. The first kappa shape index (κ1) is 19.2. The number of halogens is 3. The van der Waals surface area contributed by atoms with E-state index >= 15 is 0 Å². The van der Waals surface area contributed by atoms with Crippen LogP contribution in [0.5, 0.6) is 5.75 Å². The van der Waals surface area contributed by atoms with Crippen LogP contribution in [0.1, 0.15) is 10.4 Å². The van der Waals surface area contributed by atoms with E-state index in [0.29, 0.717) is 16.9 Å². The molecule has 0 fully saturated rings. The van der Waals surface area contributed by atoms with E-state index in [1.165, 1.54) is 0 Å². The summed E-state index contributed by atoms with van der Waals surface area (Å²) in [5.74, 6) is -2.31. The van der Waals surface area contributed by atoms with Crippen LogP contribution >= 0.6 is 0 Å². The van der Waals surface area contributed by atoms with Gasteiger partial charge in [-0.1, -0.05) is 30.3 Å². The van der Waals surface area contributed by atoms with Crippen molar-refractivity contribution in [2.75, 3.05) is 11.9 Å². The van der Waals surface area contributed by atoms with E-state index in [9.17, 15) is 22.8 Å². The summed E-state index contributed by atoms with van der Waals surface area (Å²) in [4.78, 5) is 26.7. The molecule has 1 N–H and O–H groups in total. The van der Waals surface area contributed by atoms with Gasteiger partial charge in [0.2, 0.25) is 11.8 Å². The summed E-state index contributed by atoms with van der Waals surface area (Å²) in [5.41, 5.74) is 0.988. The van der Waals surface area contributed by atoms with Gasteiger partial charge < -0.3 is 9.15 Å². The smallest absolute Gasteiger partial charge is 0.471 e. The number of hydrogen-bond acceptors (Lipinski definition) is 5. The lowest BCUT2D eigenvalue weighted by Crippen LogP contribution is -2.29. The number of amides is 1. The Labute approximate surface area is 157 Å². The van der Waals surface area contributed by atoms with Gasteiger partial charge in [-0.2, -0.15) is 13.2 Å². The third kappa shape index (κ3) is 4.76. The number of rotatable bonds is 6. The van der Waals surface area contributed by atoms with Crippen LogP contribution in [0.3, 0.4) is 0 Å². The SMILES string of the molecule is O=C(COc1ccc(-c2ncc(NC(=O)C(F)(F)F)o2)cc1)c1ccccc1. The highest BCUT2D eigenvalue weighted by atomic mass is 19.4. The van der Waals surface area contributed by atoms with Crippen molar-refractivity contribution < 1.29 is 31.9 Å². The minimum Gasteiger partial charge on any atom is -0.485 e. The molecule has 1 aromatic heterocycles. The van der Waals surface area contributed by atoms with Crippen LogP contribution in [-0.4, -0.2) is 29.5 Å². The number of carbonyl (C=O) groups excluding carboxylic acids is 2. The molecule has 1 heterocycles. The Kier molecular flexibility index (Phi) is 5.44. The van der Waals surface area contributed by atoms with Gasteiger partial charge >= 0.3 is 12.1 Å². The van der Waals surface area contributed by atoms with Crippen molar-refractivity contribution in [3.8, 4) is 17.2 Å². The lowest BCUT2D eigenvalue weighted by molar-refractivity contribution is -0.167. The molecule has 0 saturated carbocycles. The molecular formula is C19H13F3N2O4. The number of Topliss-reactive ketones (excluding diaryl/α,β-unsaturated/α-hetero) is 1. The van der Waals surface area contributed by atoms with Crippen molar-refractivity contribution in [1.29, 1.82) is 0 Å². The number of hydrogen-bond donors (Lipinski definition) is 1. The molecule has 6 nitrogen and oxygen atoms in total. The Hall–Kier alpha value is -3.62. The van der Waals surface area contributed by atoms with E-state index in [2.05, 4.69) is 4.98 Å². The van der Waals surface area contributed by atoms with Crippen molar-refractivity contribution >= 4 is 17.6 Å². The second kappa shape index (κ2) is 7.95. The molecule has 0 atom stereocenters. The summed E-state index contributed by atoms with van der Waals surface area (Å²) in [5, 5.41) is 1.58. The summed E-state index contributed by atoms with van der Waals surface area (Å²) >= 11 is 0. The third-order valence-electron chi connectivity index (χ3n) is 3.57. The first-order valence-electron chi connectivity index (χ1n) is 7.98. The van der Waals surface area contributed by atoms with E-state index < -0.39 is 18.0 Å². The Morgan fingerprint density at radius 2 is 1.71 bits per heavy atom. The van der Waals surface area contributed by atoms with E-state index in [-0.39, 0.29) is 18.3 Å². The number of oxazole rings is 1. The lowest BCUT2D eigenvalue weighted by Gasteiger charge is -2.06. The fourth-order valence-corrected chi connectivity index (χ4v) is 2.20. The van der Waals surface area contributed by atoms with Gasteiger partial charge in [0, 0.05) is 11.1 Å². The molecule has 3 aromatic rings. The number of nitrogens with zero attached hydrogens (tertiary/aromatic N) is 1. The first-order valence-corrected chi connectivity index (χ1v) is 7.98. The third-order valence-corrected chi connectivity index (χ3v) is 3.57. The molecule has 0 radical (unpaired) electrons. The zero-order chi connectivity index (χ0) is 20.1. The number of ether oxygens (including phenoxy) is 1. The van der Waals surface area contributed by atoms with Crippen molar-refractivity contribution in [2.45, 2.75) is 6.18 Å². The van der Waals surface area contributed by atoms with Gasteiger partial charge in [0.05, 0.1) is 6.20 Å². The van der Waals surface area contributed by atoms with Gasteiger partial charge in [-0.05, 0) is 24.3 Å². The quantitative estimate of drug-likeness (QED) is 0.641. The van der Waals surface area contributed by atoms with E-state index in [4.69, 9.17) is 9.15 Å². The number of aromatic nitrogens is 1. The number of alkyl halides is 3. The molecule has 0 aliphatic heterocycles. The predicted molar refractivity (Wildman–Crippen MR) is 92.9 cm³/mol. The molecular weight excluding hydrogens is 377 g/mol. The Morgan fingerprint density at radius 3 is 2.36 bits per heavy atom.